The quantitative estimate of drug-likeness (QED) is 0.474. The second kappa shape index (κ2) is 9.28. The molecule has 0 saturated carbocycles. The van der Waals surface area contributed by atoms with Gasteiger partial charge in [0.1, 0.15) is 0 Å². The lowest BCUT2D eigenvalue weighted by atomic mass is 10.2. The fourth-order valence-electron chi connectivity index (χ4n) is 3.07. The third-order valence-electron chi connectivity index (χ3n) is 4.86. The van der Waals surface area contributed by atoms with E-state index < -0.39 is 0 Å². The molecule has 29 heavy (non-hydrogen) atoms. The van der Waals surface area contributed by atoms with Gasteiger partial charge in [0, 0.05) is 39.6 Å². The third-order valence-corrected chi connectivity index (χ3v) is 4.86. The topological polar surface area (TPSA) is 39.7 Å². The van der Waals surface area contributed by atoms with E-state index in [2.05, 4.69) is 89.9 Å². The van der Waals surface area contributed by atoms with Crippen LogP contribution in [0.25, 0.3) is 0 Å². The largest absolute Gasteiger partial charge is 0.378 e. The molecule has 6 nitrogen and oxygen atoms in total. The van der Waals surface area contributed by atoms with Crippen LogP contribution in [0.2, 0.25) is 0 Å². The zero-order valence-corrected chi connectivity index (χ0v) is 18.0. The van der Waals surface area contributed by atoms with Crippen LogP contribution in [0.3, 0.4) is 0 Å². The van der Waals surface area contributed by atoms with Crippen LogP contribution in [0.5, 0.6) is 0 Å². The summed E-state index contributed by atoms with van der Waals surface area (Å²) in [5, 5.41) is 4.64. The fraction of sp³-hybridized carbons (Fsp3) is 0.304. The number of anilines is 2. The van der Waals surface area contributed by atoms with E-state index in [4.69, 9.17) is 0 Å². The number of benzene rings is 2. The van der Waals surface area contributed by atoms with Gasteiger partial charge in [-0.1, -0.05) is 36.3 Å². The average molecular weight is 392 g/mol. The number of nitrogens with zero attached hydrogens (tertiary/aromatic N) is 5. The summed E-state index contributed by atoms with van der Waals surface area (Å²) in [4.78, 5) is 4.19. The van der Waals surface area contributed by atoms with E-state index in [9.17, 15) is 0 Å². The molecule has 3 aromatic rings. The number of nitrogens with one attached hydrogen (secondary N) is 1. The van der Waals surface area contributed by atoms with Crippen molar-refractivity contribution in [1.82, 2.24) is 4.68 Å². The molecule has 0 fully saturated rings. The lowest BCUT2D eigenvalue weighted by Crippen LogP contribution is -2.33. The third kappa shape index (κ3) is 5.16. The molecule has 0 atom stereocenters. The molecule has 1 aromatic heterocycles. The Morgan fingerprint density at radius 1 is 0.931 bits per heavy atom. The minimum absolute atomic E-state index is 0.755. The molecule has 0 radical (unpaired) electrons. The average Bonchev–Trinajstić information content (AvgIpc) is 3.13. The first-order valence-corrected chi connectivity index (χ1v) is 9.91. The van der Waals surface area contributed by atoms with Gasteiger partial charge in [-0.2, -0.15) is 0 Å². The number of rotatable bonds is 8. The number of imidazole rings is 1. The Hall–Kier alpha value is -3.28. The van der Waals surface area contributed by atoms with Gasteiger partial charge in [-0.15, -0.1) is 9.35 Å². The zero-order chi connectivity index (χ0) is 20.8. The van der Waals surface area contributed by atoms with E-state index in [1.165, 1.54) is 16.9 Å². The Morgan fingerprint density at radius 2 is 1.52 bits per heavy atom. The van der Waals surface area contributed by atoms with Gasteiger partial charge >= 0.3 is 5.82 Å². The van der Waals surface area contributed by atoms with Crippen LogP contribution in [-0.2, 0) is 13.0 Å². The molecule has 0 aliphatic heterocycles. The van der Waals surface area contributed by atoms with Crippen molar-refractivity contribution in [3.8, 4) is 0 Å². The van der Waals surface area contributed by atoms with Crippen molar-refractivity contribution in [2.45, 2.75) is 19.9 Å². The highest BCUT2D eigenvalue weighted by Crippen LogP contribution is 2.13. The van der Waals surface area contributed by atoms with Crippen LogP contribution in [0.15, 0.2) is 66.0 Å². The first kappa shape index (κ1) is 20.5. The predicted octanol–water partition coefficient (Wildman–Crippen LogP) is 3.10. The zero-order valence-electron chi connectivity index (χ0n) is 18.0. The molecular formula is C23H31N6+. The van der Waals surface area contributed by atoms with Crippen LogP contribution in [0.1, 0.15) is 23.9 Å². The summed E-state index contributed by atoms with van der Waals surface area (Å²) in [7, 11) is 8.19. The van der Waals surface area contributed by atoms with Crippen molar-refractivity contribution in [3.05, 3.63) is 77.9 Å². The Labute approximate surface area is 173 Å². The molecule has 2 aromatic carbocycles. The minimum Gasteiger partial charge on any atom is -0.378 e. The van der Waals surface area contributed by atoms with Gasteiger partial charge in [0.05, 0.1) is 19.2 Å². The molecule has 0 saturated heterocycles. The second-order valence-electron chi connectivity index (χ2n) is 7.41. The van der Waals surface area contributed by atoms with E-state index in [0.717, 1.165) is 24.4 Å². The molecule has 0 spiro atoms. The molecule has 1 N–H and O–H groups in total. The fourth-order valence-corrected chi connectivity index (χ4v) is 3.07. The van der Waals surface area contributed by atoms with Crippen molar-refractivity contribution in [2.24, 2.45) is 5.10 Å². The van der Waals surface area contributed by atoms with Crippen molar-refractivity contribution in [1.29, 1.82) is 0 Å². The van der Waals surface area contributed by atoms with E-state index in [-0.39, 0.29) is 0 Å². The minimum atomic E-state index is 0.755. The van der Waals surface area contributed by atoms with Crippen molar-refractivity contribution in [2.75, 3.05) is 43.4 Å². The van der Waals surface area contributed by atoms with Gasteiger partial charge in [0.25, 0.3) is 0 Å². The lowest BCUT2D eigenvalue weighted by molar-refractivity contribution is -0.685. The molecular weight excluding hydrogens is 360 g/mol. The molecule has 0 amide bonds. The van der Waals surface area contributed by atoms with E-state index in [0.29, 0.717) is 0 Å². The van der Waals surface area contributed by atoms with Gasteiger partial charge in [-0.25, -0.2) is 0 Å². The van der Waals surface area contributed by atoms with Gasteiger partial charge in [0.2, 0.25) is 0 Å². The van der Waals surface area contributed by atoms with Crippen LogP contribution in [-0.4, -0.2) is 39.1 Å². The highest BCUT2D eigenvalue weighted by atomic mass is 15.5. The Kier molecular flexibility index (Phi) is 6.54. The second-order valence-corrected chi connectivity index (χ2v) is 7.41. The first-order valence-electron chi connectivity index (χ1n) is 9.91. The Balaban J connectivity index is 1.67. The lowest BCUT2D eigenvalue weighted by Gasteiger charge is -2.12. The van der Waals surface area contributed by atoms with E-state index in [1.807, 2.05) is 42.1 Å². The van der Waals surface area contributed by atoms with Gasteiger partial charge in [-0.3, -0.25) is 5.43 Å². The standard InChI is InChI=1S/C23H31N6/c1-6-23-28(24-17-19-7-11-21(12-8-19)26(2)3)15-16-29(23)25-18-20-9-13-22(14-10-20)27(4)5/h7-17,25H,6,18H2,1-5H3/q+1/b24-17-. The first-order chi connectivity index (χ1) is 14.0. The summed E-state index contributed by atoms with van der Waals surface area (Å²) in [5.74, 6) is 1.09. The van der Waals surface area contributed by atoms with Gasteiger partial charge in [0.15, 0.2) is 12.4 Å². The normalized spacial score (nSPS) is 11.1. The monoisotopic (exact) mass is 391 g/mol. The summed E-state index contributed by atoms with van der Waals surface area (Å²) >= 11 is 0. The van der Waals surface area contributed by atoms with E-state index in [1.54, 1.807) is 0 Å². The summed E-state index contributed by atoms with van der Waals surface area (Å²) in [6, 6.07) is 16.9. The molecule has 3 rings (SSSR count). The van der Waals surface area contributed by atoms with Crippen molar-refractivity contribution < 1.29 is 4.68 Å². The Morgan fingerprint density at radius 3 is 2.07 bits per heavy atom. The Bertz CT molecular complexity index is 937. The molecule has 0 unspecified atom stereocenters. The summed E-state index contributed by atoms with van der Waals surface area (Å²) in [6.07, 6.45) is 6.75. The van der Waals surface area contributed by atoms with Gasteiger partial charge in [-0.05, 0) is 35.4 Å². The van der Waals surface area contributed by atoms with Crippen LogP contribution in [0.4, 0.5) is 11.4 Å². The molecule has 6 heteroatoms. The number of hydrogen-bond acceptors (Lipinski definition) is 4. The molecule has 0 bridgehead atoms. The number of hydrogen-bond donors (Lipinski definition) is 1. The van der Waals surface area contributed by atoms with Gasteiger partial charge < -0.3 is 9.80 Å². The summed E-state index contributed by atoms with van der Waals surface area (Å²) in [6.45, 7) is 2.89. The maximum absolute atomic E-state index is 4.64. The molecule has 0 aliphatic carbocycles. The molecule has 1 heterocycles. The number of aromatic nitrogens is 2. The molecule has 0 aliphatic rings. The maximum atomic E-state index is 4.64. The highest BCUT2D eigenvalue weighted by molar-refractivity contribution is 5.79. The predicted molar refractivity (Wildman–Crippen MR) is 122 cm³/mol. The summed E-state index contributed by atoms with van der Waals surface area (Å²) < 4.78 is 3.97. The van der Waals surface area contributed by atoms with Crippen LogP contribution < -0.4 is 19.9 Å². The van der Waals surface area contributed by atoms with Crippen LogP contribution >= 0.6 is 0 Å². The maximum Gasteiger partial charge on any atom is 0.304 e. The van der Waals surface area contributed by atoms with Crippen molar-refractivity contribution in [3.63, 3.8) is 0 Å². The smallest absolute Gasteiger partial charge is 0.304 e. The summed E-state index contributed by atoms with van der Waals surface area (Å²) in [5.41, 5.74) is 8.17. The molecule has 152 valence electrons. The van der Waals surface area contributed by atoms with Crippen molar-refractivity contribution >= 4 is 17.6 Å². The van der Waals surface area contributed by atoms with Crippen LogP contribution in [0, 0.1) is 0 Å². The highest BCUT2D eigenvalue weighted by Gasteiger charge is 2.15. The SMILES string of the molecule is CCc1n(NCc2ccc(N(C)C)cc2)cc[n+]1/N=C\c1ccc(N(C)C)cc1. The van der Waals surface area contributed by atoms with E-state index >= 15 is 0 Å².